The molecule has 0 amide bonds. The molecular formula is C30H23N. The Bertz CT molecular complexity index is 1480. The Morgan fingerprint density at radius 1 is 0.613 bits per heavy atom. The van der Waals surface area contributed by atoms with E-state index in [9.17, 15) is 0 Å². The molecule has 1 nitrogen and oxygen atoms in total. The lowest BCUT2D eigenvalue weighted by Gasteiger charge is -2.21. The van der Waals surface area contributed by atoms with E-state index in [1.54, 1.807) is 0 Å². The lowest BCUT2D eigenvalue weighted by atomic mass is 9.90. The van der Waals surface area contributed by atoms with Gasteiger partial charge in [-0.15, -0.1) is 0 Å². The molecule has 0 saturated heterocycles. The van der Waals surface area contributed by atoms with Gasteiger partial charge in [0.25, 0.3) is 0 Å². The fraction of sp³-hybridized carbons (Fsp3) is 0.0667. The second-order valence-electron chi connectivity index (χ2n) is 8.22. The number of hydrogen-bond acceptors (Lipinski definition) is 1. The van der Waals surface area contributed by atoms with Crippen molar-refractivity contribution in [2.24, 2.45) is 0 Å². The summed E-state index contributed by atoms with van der Waals surface area (Å²) in [6.07, 6.45) is 7.93. The first kappa shape index (κ1) is 18.0. The molecule has 0 saturated carbocycles. The van der Waals surface area contributed by atoms with E-state index < -0.39 is 0 Å². The fourth-order valence-corrected chi connectivity index (χ4v) is 4.77. The Morgan fingerprint density at radius 2 is 1.29 bits per heavy atom. The molecule has 0 radical (unpaired) electrons. The topological polar surface area (TPSA) is 12.0 Å². The number of anilines is 1. The Hall–Kier alpha value is -3.84. The first-order chi connectivity index (χ1) is 15.4. The molecule has 1 atom stereocenters. The van der Waals surface area contributed by atoms with Gasteiger partial charge < -0.3 is 5.32 Å². The minimum atomic E-state index is 0.293. The highest BCUT2D eigenvalue weighted by atomic mass is 14.9. The molecule has 0 spiro atoms. The molecule has 1 heteroatoms. The summed E-state index contributed by atoms with van der Waals surface area (Å²) in [6.45, 7) is 0. The Morgan fingerprint density at radius 3 is 2.10 bits per heavy atom. The van der Waals surface area contributed by atoms with E-state index in [1.165, 1.54) is 49.1 Å². The van der Waals surface area contributed by atoms with Crippen molar-refractivity contribution in [2.45, 2.75) is 12.5 Å². The van der Waals surface area contributed by atoms with Gasteiger partial charge in [-0.05, 0) is 56.6 Å². The number of fused-ring (bicyclic) bond motifs is 4. The molecule has 6 rings (SSSR count). The van der Waals surface area contributed by atoms with Crippen LogP contribution in [-0.4, -0.2) is 6.04 Å². The van der Waals surface area contributed by atoms with Crippen LogP contribution in [0, 0.1) is 0 Å². The second kappa shape index (κ2) is 7.45. The van der Waals surface area contributed by atoms with Crippen LogP contribution in [0.25, 0.3) is 37.9 Å². The van der Waals surface area contributed by atoms with Crippen molar-refractivity contribution in [3.05, 3.63) is 121 Å². The van der Waals surface area contributed by atoms with Crippen molar-refractivity contribution in [1.82, 2.24) is 0 Å². The Labute approximate surface area is 182 Å². The van der Waals surface area contributed by atoms with Crippen molar-refractivity contribution < 1.29 is 0 Å². The molecule has 0 heterocycles. The maximum absolute atomic E-state index is 3.73. The highest BCUT2D eigenvalue weighted by molar-refractivity contribution is 6.12. The quantitative estimate of drug-likeness (QED) is 0.304. The van der Waals surface area contributed by atoms with Crippen LogP contribution in [0.2, 0.25) is 0 Å². The molecule has 1 N–H and O–H groups in total. The van der Waals surface area contributed by atoms with Crippen LogP contribution in [0.1, 0.15) is 12.0 Å². The molecule has 148 valence electrons. The zero-order valence-corrected chi connectivity index (χ0v) is 17.3. The summed E-state index contributed by atoms with van der Waals surface area (Å²) in [7, 11) is 0. The van der Waals surface area contributed by atoms with E-state index >= 15 is 0 Å². The predicted octanol–water partition coefficient (Wildman–Crippen LogP) is 7.97. The van der Waals surface area contributed by atoms with Gasteiger partial charge in [0.2, 0.25) is 0 Å². The van der Waals surface area contributed by atoms with E-state index in [1.807, 2.05) is 0 Å². The van der Waals surface area contributed by atoms with Gasteiger partial charge in [-0.2, -0.15) is 0 Å². The minimum Gasteiger partial charge on any atom is -0.378 e. The van der Waals surface area contributed by atoms with Crippen molar-refractivity contribution in [3.63, 3.8) is 0 Å². The van der Waals surface area contributed by atoms with Gasteiger partial charge in [-0.1, -0.05) is 103 Å². The summed E-state index contributed by atoms with van der Waals surface area (Å²) in [5.74, 6) is 0. The van der Waals surface area contributed by atoms with Crippen molar-refractivity contribution in [1.29, 1.82) is 0 Å². The molecule has 1 aliphatic carbocycles. The van der Waals surface area contributed by atoms with E-state index in [-0.39, 0.29) is 0 Å². The van der Waals surface area contributed by atoms with Crippen molar-refractivity contribution in [3.8, 4) is 0 Å². The third-order valence-corrected chi connectivity index (χ3v) is 6.31. The number of allylic oxidation sites excluding steroid dienone is 2. The van der Waals surface area contributed by atoms with Gasteiger partial charge in [-0.25, -0.2) is 0 Å². The van der Waals surface area contributed by atoms with Crippen LogP contribution in [0.15, 0.2) is 115 Å². The summed E-state index contributed by atoms with van der Waals surface area (Å²) in [4.78, 5) is 0. The van der Waals surface area contributed by atoms with Crippen molar-refractivity contribution in [2.75, 3.05) is 5.32 Å². The third kappa shape index (κ3) is 3.19. The average Bonchev–Trinajstić information content (AvgIpc) is 2.84. The molecule has 0 aliphatic heterocycles. The average molecular weight is 398 g/mol. The molecule has 0 fully saturated rings. The molecule has 0 aromatic heterocycles. The van der Waals surface area contributed by atoms with Crippen LogP contribution in [-0.2, 0) is 0 Å². The normalized spacial score (nSPS) is 16.0. The van der Waals surface area contributed by atoms with Crippen LogP contribution in [0.3, 0.4) is 0 Å². The van der Waals surface area contributed by atoms with Gasteiger partial charge in [0.15, 0.2) is 0 Å². The summed E-state index contributed by atoms with van der Waals surface area (Å²) < 4.78 is 0. The number of nitrogens with one attached hydrogen (secondary N) is 1. The van der Waals surface area contributed by atoms with Crippen LogP contribution >= 0.6 is 0 Å². The molecule has 5 aromatic rings. The smallest absolute Gasteiger partial charge is 0.0482 e. The second-order valence-corrected chi connectivity index (χ2v) is 8.22. The summed E-state index contributed by atoms with van der Waals surface area (Å²) in [5.41, 5.74) is 3.81. The molecule has 31 heavy (non-hydrogen) atoms. The lowest BCUT2D eigenvalue weighted by molar-refractivity contribution is 0.888. The van der Waals surface area contributed by atoms with E-state index in [0.29, 0.717) is 6.04 Å². The minimum absolute atomic E-state index is 0.293. The van der Waals surface area contributed by atoms with Crippen molar-refractivity contribution >= 4 is 43.6 Å². The third-order valence-electron chi connectivity index (χ3n) is 6.31. The van der Waals surface area contributed by atoms with E-state index in [2.05, 4.69) is 121 Å². The first-order valence-electron chi connectivity index (χ1n) is 10.9. The maximum Gasteiger partial charge on any atom is 0.0482 e. The fourth-order valence-electron chi connectivity index (χ4n) is 4.77. The molecule has 5 aromatic carbocycles. The van der Waals surface area contributed by atoms with Crippen LogP contribution < -0.4 is 5.32 Å². The number of benzene rings is 5. The monoisotopic (exact) mass is 397 g/mol. The van der Waals surface area contributed by atoms with Gasteiger partial charge in [0, 0.05) is 17.1 Å². The zero-order valence-electron chi connectivity index (χ0n) is 17.3. The summed E-state index contributed by atoms with van der Waals surface area (Å²) >= 11 is 0. The Balaban J connectivity index is 1.34. The first-order valence-corrected chi connectivity index (χ1v) is 10.9. The van der Waals surface area contributed by atoms with Gasteiger partial charge in [0.05, 0.1) is 0 Å². The standard InChI is InChI=1S/C30H23N/c1-4-12-26-21(8-1)10-7-15-30(26)31-24-18-16-22(17-19-24)29-20-23-9-2-3-11-25(23)27-13-5-6-14-28(27)29/h1-18,20,24,31H,19H2. The summed E-state index contributed by atoms with van der Waals surface area (Å²) in [5, 5.41) is 11.5. The number of hydrogen-bond donors (Lipinski definition) is 1. The van der Waals surface area contributed by atoms with Gasteiger partial charge in [-0.3, -0.25) is 0 Å². The van der Waals surface area contributed by atoms with E-state index in [0.717, 1.165) is 6.42 Å². The summed E-state index contributed by atoms with van der Waals surface area (Å²) in [6, 6.07) is 35.1. The van der Waals surface area contributed by atoms with Gasteiger partial charge in [0.1, 0.15) is 0 Å². The highest BCUT2D eigenvalue weighted by Crippen LogP contribution is 2.35. The van der Waals surface area contributed by atoms with Crippen LogP contribution in [0.5, 0.6) is 0 Å². The predicted molar refractivity (Wildman–Crippen MR) is 135 cm³/mol. The Kier molecular flexibility index (Phi) is 4.32. The molecule has 0 bridgehead atoms. The number of rotatable bonds is 3. The maximum atomic E-state index is 3.73. The zero-order chi connectivity index (χ0) is 20.6. The molecule has 1 unspecified atom stereocenters. The van der Waals surface area contributed by atoms with E-state index in [4.69, 9.17) is 0 Å². The van der Waals surface area contributed by atoms with Gasteiger partial charge >= 0.3 is 0 Å². The highest BCUT2D eigenvalue weighted by Gasteiger charge is 2.14. The SMILES string of the molecule is C1=CC(Nc2cccc3ccccc23)CC=C1c1cc2ccccc2c2ccccc12. The largest absolute Gasteiger partial charge is 0.378 e. The molecular weight excluding hydrogens is 374 g/mol. The van der Waals surface area contributed by atoms with Crippen LogP contribution in [0.4, 0.5) is 5.69 Å². The lowest BCUT2D eigenvalue weighted by Crippen LogP contribution is -2.17. The molecule has 1 aliphatic rings.